The van der Waals surface area contributed by atoms with Gasteiger partial charge < -0.3 is 9.84 Å². The molecule has 0 heterocycles. The molecule has 25 heavy (non-hydrogen) atoms. The second-order valence-corrected chi connectivity index (χ2v) is 5.29. The molecule has 0 atom stereocenters. The Kier molecular flexibility index (Phi) is 7.85. The summed E-state index contributed by atoms with van der Waals surface area (Å²) in [4.78, 5) is 4.46. The maximum atomic E-state index is 8.55. The van der Waals surface area contributed by atoms with Gasteiger partial charge in [-0.1, -0.05) is 37.3 Å². The van der Waals surface area contributed by atoms with Crippen molar-refractivity contribution in [2.24, 2.45) is 4.99 Å². The minimum atomic E-state index is -0.171. The summed E-state index contributed by atoms with van der Waals surface area (Å²) in [6, 6.07) is 15.5. The van der Waals surface area contributed by atoms with Crippen molar-refractivity contribution in [1.82, 2.24) is 0 Å². The van der Waals surface area contributed by atoms with Crippen molar-refractivity contribution >= 4 is 11.9 Å². The average Bonchev–Trinajstić information content (AvgIpc) is 2.66. The summed E-state index contributed by atoms with van der Waals surface area (Å²) in [5.41, 5.74) is 2.75. The summed E-state index contributed by atoms with van der Waals surface area (Å²) in [5.74, 6) is 11.5. The molecule has 0 radical (unpaired) electrons. The number of ether oxygens (including phenoxy) is 1. The number of nitrogens with zero attached hydrogens (tertiary/aromatic N) is 1. The van der Waals surface area contributed by atoms with E-state index in [1.807, 2.05) is 54.7 Å². The number of aliphatic hydroxyl groups excluding tert-OH is 1. The van der Waals surface area contributed by atoms with E-state index in [9.17, 15) is 0 Å². The Hall–Kier alpha value is -3.01. The molecule has 1 N–H and O–H groups in total. The molecule has 3 heteroatoms. The number of aliphatic imine (C=N–C) groups is 1. The highest BCUT2D eigenvalue weighted by molar-refractivity contribution is 5.82. The first-order valence-electron chi connectivity index (χ1n) is 8.28. The van der Waals surface area contributed by atoms with Gasteiger partial charge in [0.1, 0.15) is 12.4 Å². The van der Waals surface area contributed by atoms with Crippen LogP contribution in [0.25, 0.3) is 0 Å². The number of aliphatic hydroxyl groups is 1. The lowest BCUT2D eigenvalue weighted by atomic mass is 10.1. The highest BCUT2D eigenvalue weighted by Gasteiger charge is 1.94. The van der Waals surface area contributed by atoms with Crippen LogP contribution in [0.2, 0.25) is 0 Å². The van der Waals surface area contributed by atoms with Gasteiger partial charge in [-0.3, -0.25) is 4.99 Å². The van der Waals surface area contributed by atoms with Crippen molar-refractivity contribution in [2.45, 2.75) is 19.8 Å². The van der Waals surface area contributed by atoms with E-state index in [0.29, 0.717) is 0 Å². The molecular formula is C22H21NO2. The number of benzene rings is 2. The van der Waals surface area contributed by atoms with Gasteiger partial charge in [0.15, 0.2) is 0 Å². The number of hydrogen-bond acceptors (Lipinski definition) is 3. The van der Waals surface area contributed by atoms with Gasteiger partial charge in [-0.2, -0.15) is 0 Å². The summed E-state index contributed by atoms with van der Waals surface area (Å²) >= 11 is 0. The van der Waals surface area contributed by atoms with E-state index in [4.69, 9.17) is 9.84 Å². The SMILES string of the molecule is CCCCOc1ccc(N=Cc2ccc(C#CC#CCO)cc2)cc1. The Labute approximate surface area is 149 Å². The second kappa shape index (κ2) is 10.7. The van der Waals surface area contributed by atoms with E-state index in [-0.39, 0.29) is 6.61 Å². The highest BCUT2D eigenvalue weighted by Crippen LogP contribution is 2.18. The molecule has 0 aromatic heterocycles. The van der Waals surface area contributed by atoms with Gasteiger partial charge in [-0.15, -0.1) is 0 Å². The molecule has 2 aromatic rings. The van der Waals surface area contributed by atoms with Crippen LogP contribution in [0.1, 0.15) is 30.9 Å². The van der Waals surface area contributed by atoms with Gasteiger partial charge in [0.2, 0.25) is 0 Å². The minimum Gasteiger partial charge on any atom is -0.494 e. The van der Waals surface area contributed by atoms with Crippen molar-refractivity contribution < 1.29 is 9.84 Å². The van der Waals surface area contributed by atoms with Crippen molar-refractivity contribution in [3.8, 4) is 29.4 Å². The van der Waals surface area contributed by atoms with E-state index in [2.05, 4.69) is 35.6 Å². The van der Waals surface area contributed by atoms with Gasteiger partial charge in [-0.25, -0.2) is 0 Å². The zero-order valence-corrected chi connectivity index (χ0v) is 14.3. The first-order chi connectivity index (χ1) is 12.3. The van der Waals surface area contributed by atoms with Gasteiger partial charge in [0.25, 0.3) is 0 Å². The summed E-state index contributed by atoms with van der Waals surface area (Å²) in [6.45, 7) is 2.72. The lowest BCUT2D eigenvalue weighted by Gasteiger charge is -2.04. The zero-order valence-electron chi connectivity index (χ0n) is 14.3. The highest BCUT2D eigenvalue weighted by atomic mass is 16.5. The molecular weight excluding hydrogens is 310 g/mol. The summed E-state index contributed by atoms with van der Waals surface area (Å²) in [6.07, 6.45) is 4.01. The summed E-state index contributed by atoms with van der Waals surface area (Å²) < 4.78 is 5.64. The normalized spacial score (nSPS) is 9.84. The molecule has 126 valence electrons. The molecule has 0 saturated carbocycles. The number of unbranched alkanes of at least 4 members (excludes halogenated alkanes) is 1. The quantitative estimate of drug-likeness (QED) is 0.494. The van der Waals surface area contributed by atoms with Crippen LogP contribution in [-0.2, 0) is 0 Å². The molecule has 0 bridgehead atoms. The maximum absolute atomic E-state index is 8.55. The minimum absolute atomic E-state index is 0.171. The van der Waals surface area contributed by atoms with Crippen LogP contribution >= 0.6 is 0 Å². The Morgan fingerprint density at radius 3 is 2.48 bits per heavy atom. The van der Waals surface area contributed by atoms with Gasteiger partial charge >= 0.3 is 0 Å². The van der Waals surface area contributed by atoms with Gasteiger partial charge in [0.05, 0.1) is 12.3 Å². The van der Waals surface area contributed by atoms with E-state index in [1.165, 1.54) is 0 Å². The topological polar surface area (TPSA) is 41.8 Å². The molecule has 0 spiro atoms. The van der Waals surface area contributed by atoms with Crippen molar-refractivity contribution in [2.75, 3.05) is 13.2 Å². The fourth-order valence-corrected chi connectivity index (χ4v) is 1.95. The van der Waals surface area contributed by atoms with Gasteiger partial charge in [-0.05, 0) is 60.2 Å². The molecule has 2 rings (SSSR count). The van der Waals surface area contributed by atoms with E-state index < -0.39 is 0 Å². The van der Waals surface area contributed by atoms with Crippen LogP contribution in [-0.4, -0.2) is 24.5 Å². The Balaban J connectivity index is 1.93. The van der Waals surface area contributed by atoms with E-state index in [1.54, 1.807) is 0 Å². The Bertz CT molecular complexity index is 798. The fraction of sp³-hybridized carbons (Fsp3) is 0.227. The molecule has 2 aromatic carbocycles. The zero-order chi connectivity index (χ0) is 17.7. The number of rotatable bonds is 6. The molecule has 0 saturated heterocycles. The summed E-state index contributed by atoms with van der Waals surface area (Å²) in [7, 11) is 0. The predicted octanol–water partition coefficient (Wildman–Crippen LogP) is 3.96. The fourth-order valence-electron chi connectivity index (χ4n) is 1.95. The van der Waals surface area contributed by atoms with Crippen LogP contribution < -0.4 is 4.74 Å². The molecule has 0 aliphatic carbocycles. The van der Waals surface area contributed by atoms with Crippen LogP contribution in [0.5, 0.6) is 5.75 Å². The largest absolute Gasteiger partial charge is 0.494 e. The van der Waals surface area contributed by atoms with Crippen molar-refractivity contribution in [3.05, 3.63) is 59.7 Å². The van der Waals surface area contributed by atoms with Crippen LogP contribution in [0.3, 0.4) is 0 Å². The summed E-state index contributed by atoms with van der Waals surface area (Å²) in [5, 5.41) is 8.55. The molecule has 3 nitrogen and oxygen atoms in total. The monoisotopic (exact) mass is 331 g/mol. The first-order valence-corrected chi connectivity index (χ1v) is 8.28. The third-order valence-electron chi connectivity index (χ3n) is 3.31. The lowest BCUT2D eigenvalue weighted by molar-refractivity contribution is 0.309. The van der Waals surface area contributed by atoms with Crippen LogP contribution in [0.4, 0.5) is 5.69 Å². The number of hydrogen-bond donors (Lipinski definition) is 1. The molecule has 0 amide bonds. The Morgan fingerprint density at radius 2 is 1.80 bits per heavy atom. The predicted molar refractivity (Wildman–Crippen MR) is 102 cm³/mol. The standard InChI is InChI=1S/C22H21NO2/c1-2-3-17-25-22-14-12-21(13-15-22)23-18-20-10-8-19(9-11-20)7-5-4-6-16-24/h8-15,18,24H,2-3,16-17H2,1H3. The second-order valence-electron chi connectivity index (χ2n) is 5.29. The van der Waals surface area contributed by atoms with Crippen LogP contribution in [0, 0.1) is 23.7 Å². The average molecular weight is 331 g/mol. The molecule has 0 aliphatic heterocycles. The molecule has 0 fully saturated rings. The maximum Gasteiger partial charge on any atom is 0.119 e. The van der Waals surface area contributed by atoms with E-state index in [0.717, 1.165) is 42.0 Å². The Morgan fingerprint density at radius 1 is 1.04 bits per heavy atom. The lowest BCUT2D eigenvalue weighted by Crippen LogP contribution is -1.95. The third-order valence-corrected chi connectivity index (χ3v) is 3.31. The van der Waals surface area contributed by atoms with Crippen LogP contribution in [0.15, 0.2) is 53.5 Å². The smallest absolute Gasteiger partial charge is 0.119 e. The molecule has 0 aliphatic rings. The van der Waals surface area contributed by atoms with Crippen molar-refractivity contribution in [3.63, 3.8) is 0 Å². The van der Waals surface area contributed by atoms with Gasteiger partial charge in [0, 0.05) is 11.8 Å². The van der Waals surface area contributed by atoms with Crippen molar-refractivity contribution in [1.29, 1.82) is 0 Å². The molecule has 0 unspecified atom stereocenters. The third kappa shape index (κ3) is 6.96. The first kappa shape index (κ1) is 18.3. The van der Waals surface area contributed by atoms with E-state index >= 15 is 0 Å².